The fraction of sp³-hybridized carbons (Fsp3) is 0.889. The van der Waals surface area contributed by atoms with Gasteiger partial charge in [-0.15, -0.1) is 0 Å². The molecule has 0 aromatic carbocycles. The Labute approximate surface area is 91.5 Å². The van der Waals surface area contributed by atoms with Crippen LogP contribution in [-0.2, 0) is 9.53 Å². The van der Waals surface area contributed by atoms with Crippen molar-refractivity contribution in [3.8, 4) is 0 Å². The molecule has 1 heterocycles. The second-order valence-electron chi connectivity index (χ2n) is 4.32. The van der Waals surface area contributed by atoms with Crippen molar-refractivity contribution in [3.05, 3.63) is 0 Å². The van der Waals surface area contributed by atoms with E-state index in [0.717, 1.165) is 7.05 Å². The van der Waals surface area contributed by atoms with Crippen LogP contribution in [0.4, 0.5) is 13.2 Å². The fourth-order valence-electron chi connectivity index (χ4n) is 1.69. The van der Waals surface area contributed by atoms with Gasteiger partial charge in [-0.05, 0) is 6.92 Å². The van der Waals surface area contributed by atoms with E-state index in [-0.39, 0.29) is 13.2 Å². The zero-order chi connectivity index (χ0) is 12.6. The third-order valence-electron chi connectivity index (χ3n) is 2.77. The Kier molecular flexibility index (Phi) is 3.49. The van der Waals surface area contributed by atoms with E-state index in [2.05, 4.69) is 0 Å². The second-order valence-corrected chi connectivity index (χ2v) is 4.32. The number of rotatable bonds is 2. The zero-order valence-electron chi connectivity index (χ0n) is 9.17. The lowest BCUT2D eigenvalue weighted by atomic mass is 9.84. The molecule has 1 amide bonds. The summed E-state index contributed by atoms with van der Waals surface area (Å²) in [4.78, 5) is 12.5. The van der Waals surface area contributed by atoms with Gasteiger partial charge in [0.25, 0.3) is 0 Å². The van der Waals surface area contributed by atoms with Gasteiger partial charge < -0.3 is 15.4 Å². The van der Waals surface area contributed by atoms with Crippen LogP contribution in [0.2, 0.25) is 0 Å². The largest absolute Gasteiger partial charge is 0.406 e. The Morgan fingerprint density at radius 3 is 2.56 bits per heavy atom. The van der Waals surface area contributed by atoms with Crippen LogP contribution in [0.3, 0.4) is 0 Å². The molecule has 7 heteroatoms. The van der Waals surface area contributed by atoms with Gasteiger partial charge in [0.05, 0.1) is 18.6 Å². The number of amides is 1. The Bertz CT molecular complexity index is 282. The first-order valence-corrected chi connectivity index (χ1v) is 4.82. The van der Waals surface area contributed by atoms with E-state index in [4.69, 9.17) is 10.5 Å². The van der Waals surface area contributed by atoms with Gasteiger partial charge in [0, 0.05) is 13.1 Å². The molecule has 0 aromatic heterocycles. The van der Waals surface area contributed by atoms with Gasteiger partial charge in [-0.2, -0.15) is 13.2 Å². The molecular weight excluding hydrogens is 225 g/mol. The predicted molar refractivity (Wildman–Crippen MR) is 50.6 cm³/mol. The van der Waals surface area contributed by atoms with E-state index in [1.165, 1.54) is 6.92 Å². The summed E-state index contributed by atoms with van der Waals surface area (Å²) in [5.74, 6) is -0.630. The molecular formula is C9H15F3N2O2. The van der Waals surface area contributed by atoms with E-state index in [1.807, 2.05) is 0 Å². The first-order valence-electron chi connectivity index (χ1n) is 4.82. The highest BCUT2D eigenvalue weighted by molar-refractivity contribution is 5.83. The highest BCUT2D eigenvalue weighted by atomic mass is 19.4. The average Bonchev–Trinajstić information content (AvgIpc) is 2.44. The first kappa shape index (κ1) is 13.2. The standard InChI is InChI=1S/C9H15F3N2O2/c1-8(5-16-3-6(8)13)7(15)14(2)4-9(10,11)12/h6H,3-5,13H2,1-2H3. The number of hydrogen-bond acceptors (Lipinski definition) is 3. The van der Waals surface area contributed by atoms with Crippen LogP contribution in [0.25, 0.3) is 0 Å². The molecule has 1 fully saturated rings. The average molecular weight is 240 g/mol. The van der Waals surface area contributed by atoms with Crippen molar-refractivity contribution in [2.45, 2.75) is 19.1 Å². The molecule has 2 unspecified atom stereocenters. The molecule has 0 bridgehead atoms. The number of hydrogen-bond donors (Lipinski definition) is 1. The number of carbonyl (C=O) groups is 1. The normalized spacial score (nSPS) is 30.5. The SMILES string of the molecule is CN(CC(F)(F)F)C(=O)C1(C)COCC1N. The summed E-state index contributed by atoms with van der Waals surface area (Å²) in [6.07, 6.45) is -4.40. The van der Waals surface area contributed by atoms with Crippen molar-refractivity contribution < 1.29 is 22.7 Å². The van der Waals surface area contributed by atoms with E-state index in [0.29, 0.717) is 4.90 Å². The number of ether oxygens (including phenoxy) is 1. The predicted octanol–water partition coefficient (Wildman–Crippen LogP) is 0.371. The number of halogens is 3. The Hall–Kier alpha value is -0.820. The maximum atomic E-state index is 12.1. The molecule has 94 valence electrons. The lowest BCUT2D eigenvalue weighted by Crippen LogP contribution is -2.52. The minimum Gasteiger partial charge on any atom is -0.379 e. The maximum Gasteiger partial charge on any atom is 0.406 e. The number of carbonyl (C=O) groups excluding carboxylic acids is 1. The first-order chi connectivity index (χ1) is 7.17. The van der Waals surface area contributed by atoms with Crippen LogP contribution >= 0.6 is 0 Å². The highest BCUT2D eigenvalue weighted by Crippen LogP contribution is 2.30. The molecule has 0 saturated carbocycles. The van der Waals surface area contributed by atoms with E-state index in [9.17, 15) is 18.0 Å². The molecule has 0 spiro atoms. The summed E-state index contributed by atoms with van der Waals surface area (Å²) in [7, 11) is 1.12. The van der Waals surface area contributed by atoms with Crippen LogP contribution < -0.4 is 5.73 Å². The maximum absolute atomic E-state index is 12.1. The van der Waals surface area contributed by atoms with Crippen molar-refractivity contribution >= 4 is 5.91 Å². The molecule has 1 aliphatic rings. The van der Waals surface area contributed by atoms with Gasteiger partial charge in [0.2, 0.25) is 5.91 Å². The molecule has 4 nitrogen and oxygen atoms in total. The molecule has 0 aliphatic carbocycles. The summed E-state index contributed by atoms with van der Waals surface area (Å²) >= 11 is 0. The third kappa shape index (κ3) is 2.65. The van der Waals surface area contributed by atoms with Crippen LogP contribution in [0.15, 0.2) is 0 Å². The van der Waals surface area contributed by atoms with Gasteiger partial charge >= 0.3 is 6.18 Å². The summed E-state index contributed by atoms with van der Waals surface area (Å²) in [5.41, 5.74) is 4.61. The van der Waals surface area contributed by atoms with Crippen molar-refractivity contribution in [3.63, 3.8) is 0 Å². The topological polar surface area (TPSA) is 55.6 Å². The quantitative estimate of drug-likeness (QED) is 0.758. The number of nitrogens with two attached hydrogens (primary N) is 1. The summed E-state index contributed by atoms with van der Waals surface area (Å²) in [6.45, 7) is 0.519. The van der Waals surface area contributed by atoms with Gasteiger partial charge in [-0.3, -0.25) is 4.79 Å². The van der Waals surface area contributed by atoms with Crippen molar-refractivity contribution in [2.75, 3.05) is 26.8 Å². The Morgan fingerprint density at radius 2 is 2.19 bits per heavy atom. The zero-order valence-corrected chi connectivity index (χ0v) is 9.17. The van der Waals surface area contributed by atoms with Crippen molar-refractivity contribution in [1.82, 2.24) is 4.90 Å². The van der Waals surface area contributed by atoms with Crippen LogP contribution in [0.5, 0.6) is 0 Å². The van der Waals surface area contributed by atoms with E-state index in [1.54, 1.807) is 0 Å². The molecule has 1 rings (SSSR count). The van der Waals surface area contributed by atoms with Gasteiger partial charge in [-0.25, -0.2) is 0 Å². The van der Waals surface area contributed by atoms with Crippen molar-refractivity contribution in [2.24, 2.45) is 11.1 Å². The van der Waals surface area contributed by atoms with Crippen molar-refractivity contribution in [1.29, 1.82) is 0 Å². The second kappa shape index (κ2) is 4.21. The molecule has 1 aliphatic heterocycles. The molecule has 1 saturated heterocycles. The minimum absolute atomic E-state index is 0.0647. The molecule has 0 aromatic rings. The molecule has 2 atom stereocenters. The summed E-state index contributed by atoms with van der Waals surface area (Å²) < 4.78 is 41.4. The monoisotopic (exact) mass is 240 g/mol. The molecule has 2 N–H and O–H groups in total. The Balaban J connectivity index is 2.70. The highest BCUT2D eigenvalue weighted by Gasteiger charge is 2.47. The van der Waals surface area contributed by atoms with E-state index >= 15 is 0 Å². The fourth-order valence-corrected chi connectivity index (χ4v) is 1.69. The Morgan fingerprint density at radius 1 is 1.62 bits per heavy atom. The summed E-state index contributed by atoms with van der Waals surface area (Å²) in [5, 5.41) is 0. The van der Waals surface area contributed by atoms with Crippen LogP contribution in [0, 0.1) is 5.41 Å². The molecule has 0 radical (unpaired) electrons. The molecule has 16 heavy (non-hydrogen) atoms. The van der Waals surface area contributed by atoms with Gasteiger partial charge in [-0.1, -0.05) is 0 Å². The summed E-state index contributed by atoms with van der Waals surface area (Å²) in [6, 6.07) is -0.560. The van der Waals surface area contributed by atoms with Crippen LogP contribution in [0.1, 0.15) is 6.92 Å². The van der Waals surface area contributed by atoms with Gasteiger partial charge in [0.15, 0.2) is 0 Å². The number of nitrogens with zero attached hydrogens (tertiary/aromatic N) is 1. The third-order valence-corrected chi connectivity index (χ3v) is 2.77. The lowest BCUT2D eigenvalue weighted by Gasteiger charge is -2.31. The lowest BCUT2D eigenvalue weighted by molar-refractivity contribution is -0.164. The number of alkyl halides is 3. The smallest absolute Gasteiger partial charge is 0.379 e. The van der Waals surface area contributed by atoms with E-state index < -0.39 is 30.1 Å². The van der Waals surface area contributed by atoms with Gasteiger partial charge in [0.1, 0.15) is 6.54 Å². The van der Waals surface area contributed by atoms with Crippen LogP contribution in [-0.4, -0.2) is 49.8 Å². The minimum atomic E-state index is -4.40.